The highest BCUT2D eigenvalue weighted by Crippen LogP contribution is 2.26. The van der Waals surface area contributed by atoms with E-state index in [4.69, 9.17) is 20.9 Å². The molecule has 1 N–H and O–H groups in total. The maximum atomic E-state index is 12.3. The highest BCUT2D eigenvalue weighted by Gasteiger charge is 2.18. The van der Waals surface area contributed by atoms with Crippen molar-refractivity contribution in [3.63, 3.8) is 0 Å². The zero-order valence-electron chi connectivity index (χ0n) is 15.7. The summed E-state index contributed by atoms with van der Waals surface area (Å²) in [7, 11) is -3.59. The molecule has 0 amide bonds. The second-order valence-electron chi connectivity index (χ2n) is 6.29. The first-order valence-corrected chi connectivity index (χ1v) is 11.6. The molecule has 0 saturated heterocycles. The first-order valence-electron chi connectivity index (χ1n) is 8.83. The molecule has 4 rings (SSSR count). The lowest BCUT2D eigenvalue weighted by Gasteiger charge is -2.10. The third-order valence-electron chi connectivity index (χ3n) is 4.05. The first kappa shape index (κ1) is 20.4. The van der Waals surface area contributed by atoms with E-state index in [2.05, 4.69) is 14.9 Å². The lowest BCUT2D eigenvalue weighted by molar-refractivity contribution is 0.176. The number of hydrogen-bond acceptors (Lipinski definition) is 7. The summed E-state index contributed by atoms with van der Waals surface area (Å²) in [6.45, 7) is 1.79. The van der Waals surface area contributed by atoms with Crippen molar-refractivity contribution in [2.24, 2.45) is 0 Å². The van der Waals surface area contributed by atoms with Gasteiger partial charge < -0.3 is 9.26 Å². The average Bonchev–Trinajstić information content (AvgIpc) is 3.41. The van der Waals surface area contributed by atoms with Gasteiger partial charge in [-0.3, -0.25) is 4.72 Å². The van der Waals surface area contributed by atoms with Crippen LogP contribution in [0.1, 0.15) is 18.9 Å². The number of nitrogens with zero attached hydrogens (tertiary/aromatic N) is 2. The Hall–Kier alpha value is -2.88. The number of hydrogen-bond donors (Lipinski definition) is 1. The molecule has 10 heteroatoms. The Labute approximate surface area is 182 Å². The summed E-state index contributed by atoms with van der Waals surface area (Å²) in [6.07, 6.45) is -0.471. The fourth-order valence-electron chi connectivity index (χ4n) is 2.62. The van der Waals surface area contributed by atoms with Gasteiger partial charge in [0.2, 0.25) is 5.82 Å². The van der Waals surface area contributed by atoms with E-state index in [0.29, 0.717) is 33.7 Å². The van der Waals surface area contributed by atoms with E-state index >= 15 is 0 Å². The molecule has 0 fully saturated rings. The Morgan fingerprint density at radius 3 is 2.63 bits per heavy atom. The van der Waals surface area contributed by atoms with Crippen molar-refractivity contribution in [2.45, 2.75) is 17.2 Å². The van der Waals surface area contributed by atoms with Gasteiger partial charge in [-0.2, -0.15) is 4.98 Å². The van der Waals surface area contributed by atoms with Crippen LogP contribution in [0.15, 0.2) is 74.8 Å². The average molecular weight is 462 g/mol. The molecule has 154 valence electrons. The zero-order valence-corrected chi connectivity index (χ0v) is 18.0. The molecule has 1 atom stereocenters. The maximum absolute atomic E-state index is 12.3. The van der Waals surface area contributed by atoms with Crippen molar-refractivity contribution in [2.75, 3.05) is 4.72 Å². The molecule has 0 unspecified atom stereocenters. The van der Waals surface area contributed by atoms with Crippen LogP contribution in [0.4, 0.5) is 5.69 Å². The van der Waals surface area contributed by atoms with Crippen LogP contribution in [0.5, 0.6) is 5.75 Å². The van der Waals surface area contributed by atoms with Gasteiger partial charge in [0.15, 0.2) is 6.10 Å². The number of rotatable bonds is 7. The molecular formula is C20H16ClN3O4S2. The minimum atomic E-state index is -3.59. The highest BCUT2D eigenvalue weighted by atomic mass is 35.5. The van der Waals surface area contributed by atoms with Crippen LogP contribution in [0, 0.1) is 0 Å². The predicted octanol–water partition coefficient (Wildman–Crippen LogP) is 5.39. The molecule has 0 bridgehead atoms. The number of anilines is 1. The molecule has 2 aromatic carbocycles. The van der Waals surface area contributed by atoms with Gasteiger partial charge in [0, 0.05) is 16.3 Å². The lowest BCUT2D eigenvalue weighted by Crippen LogP contribution is -2.11. The van der Waals surface area contributed by atoms with E-state index in [9.17, 15) is 8.42 Å². The summed E-state index contributed by atoms with van der Waals surface area (Å²) in [5.41, 5.74) is 1.12. The van der Waals surface area contributed by atoms with Crippen molar-refractivity contribution in [3.05, 3.63) is 77.0 Å². The summed E-state index contributed by atoms with van der Waals surface area (Å²) in [6, 6.07) is 17.0. The van der Waals surface area contributed by atoms with E-state index in [-0.39, 0.29) is 4.21 Å². The highest BCUT2D eigenvalue weighted by molar-refractivity contribution is 7.94. The van der Waals surface area contributed by atoms with Crippen molar-refractivity contribution >= 4 is 38.6 Å². The first-order chi connectivity index (χ1) is 14.4. The fourth-order valence-corrected chi connectivity index (χ4v) is 4.85. The van der Waals surface area contributed by atoms with Gasteiger partial charge in [0.05, 0.1) is 0 Å². The van der Waals surface area contributed by atoms with E-state index in [1.807, 2.05) is 0 Å². The van der Waals surface area contributed by atoms with Crippen LogP contribution in [0.3, 0.4) is 0 Å². The van der Waals surface area contributed by atoms with E-state index in [1.165, 1.54) is 0 Å². The van der Waals surface area contributed by atoms with Gasteiger partial charge in [-0.15, -0.1) is 11.3 Å². The summed E-state index contributed by atoms with van der Waals surface area (Å²) in [5, 5.41) is 6.26. The summed E-state index contributed by atoms with van der Waals surface area (Å²) >= 11 is 7.12. The number of aromatic nitrogens is 2. The molecule has 0 radical (unpaired) electrons. The van der Waals surface area contributed by atoms with Crippen LogP contribution < -0.4 is 9.46 Å². The monoisotopic (exact) mass is 461 g/mol. The Morgan fingerprint density at radius 2 is 1.93 bits per heavy atom. The Kier molecular flexibility index (Phi) is 5.76. The minimum Gasteiger partial charge on any atom is -0.481 e. The second-order valence-corrected chi connectivity index (χ2v) is 9.58. The van der Waals surface area contributed by atoms with Crippen molar-refractivity contribution < 1.29 is 17.7 Å². The zero-order chi connectivity index (χ0) is 21.1. The molecule has 0 saturated carbocycles. The van der Waals surface area contributed by atoms with E-state index in [0.717, 1.165) is 11.3 Å². The van der Waals surface area contributed by atoms with Crippen molar-refractivity contribution in [1.82, 2.24) is 10.1 Å². The normalized spacial score (nSPS) is 12.5. The molecule has 30 heavy (non-hydrogen) atoms. The second kappa shape index (κ2) is 8.47. The SMILES string of the molecule is C[C@@H](Oc1cccc(Cl)c1)c1nc(-c2ccc(NS(=O)(=O)c3cccs3)cc2)no1. The Morgan fingerprint density at radius 1 is 1.13 bits per heavy atom. The lowest BCUT2D eigenvalue weighted by atomic mass is 10.2. The third kappa shape index (κ3) is 4.64. The van der Waals surface area contributed by atoms with Gasteiger partial charge in [-0.05, 0) is 60.8 Å². The number of nitrogens with one attached hydrogen (secondary N) is 1. The van der Waals surface area contributed by atoms with Gasteiger partial charge in [-0.1, -0.05) is 28.9 Å². The number of thiophene rings is 1. The Balaban J connectivity index is 1.46. The van der Waals surface area contributed by atoms with Gasteiger partial charge in [0.1, 0.15) is 9.96 Å². The quantitative estimate of drug-likeness (QED) is 0.396. The molecular weight excluding hydrogens is 446 g/mol. The van der Waals surface area contributed by atoms with Crippen LogP contribution in [0.25, 0.3) is 11.4 Å². The number of ether oxygens (including phenoxy) is 1. The van der Waals surface area contributed by atoms with Gasteiger partial charge in [-0.25, -0.2) is 8.42 Å². The van der Waals surface area contributed by atoms with Crippen LogP contribution >= 0.6 is 22.9 Å². The summed E-state index contributed by atoms with van der Waals surface area (Å²) in [4.78, 5) is 4.37. The van der Waals surface area contributed by atoms with E-state index in [1.54, 1.807) is 73.0 Å². The van der Waals surface area contributed by atoms with E-state index < -0.39 is 16.1 Å². The molecule has 0 aliphatic carbocycles. The predicted molar refractivity (Wildman–Crippen MR) is 115 cm³/mol. The molecule has 0 aliphatic rings. The standard InChI is InChI=1S/C20H16ClN3O4S2/c1-13(27-17-5-2-4-15(21)12-17)20-22-19(23-28-20)14-7-9-16(10-8-14)24-30(25,26)18-6-3-11-29-18/h2-13,24H,1H3/t13-/m1/s1. The Bertz CT molecular complexity index is 1240. The third-order valence-corrected chi connectivity index (χ3v) is 7.07. The molecule has 2 heterocycles. The topological polar surface area (TPSA) is 94.3 Å². The van der Waals surface area contributed by atoms with Crippen molar-refractivity contribution in [3.8, 4) is 17.1 Å². The molecule has 2 aromatic heterocycles. The summed E-state index contributed by atoms with van der Waals surface area (Å²) in [5.74, 6) is 1.28. The smallest absolute Gasteiger partial charge is 0.271 e. The number of halogens is 1. The largest absolute Gasteiger partial charge is 0.481 e. The summed E-state index contributed by atoms with van der Waals surface area (Å²) < 4.78 is 38.5. The van der Waals surface area contributed by atoms with Gasteiger partial charge >= 0.3 is 0 Å². The number of sulfonamides is 1. The van der Waals surface area contributed by atoms with Crippen molar-refractivity contribution in [1.29, 1.82) is 0 Å². The fraction of sp³-hybridized carbons (Fsp3) is 0.100. The molecule has 0 aliphatic heterocycles. The molecule has 4 aromatic rings. The van der Waals surface area contributed by atoms with Crippen LogP contribution in [-0.2, 0) is 10.0 Å². The number of benzene rings is 2. The maximum Gasteiger partial charge on any atom is 0.271 e. The van der Waals surface area contributed by atoms with Crippen LogP contribution in [0.2, 0.25) is 5.02 Å². The minimum absolute atomic E-state index is 0.253. The molecule has 0 spiro atoms. The molecule has 7 nitrogen and oxygen atoms in total. The van der Waals surface area contributed by atoms with Crippen LogP contribution in [-0.4, -0.2) is 18.6 Å². The van der Waals surface area contributed by atoms with Gasteiger partial charge in [0.25, 0.3) is 15.9 Å².